The highest BCUT2D eigenvalue weighted by Crippen LogP contribution is 2.45. The van der Waals surface area contributed by atoms with Crippen LogP contribution in [0.4, 0.5) is 8.78 Å². The van der Waals surface area contributed by atoms with Gasteiger partial charge in [-0.25, -0.2) is 8.78 Å². The molecular formula is C74H45F2N3. The molecular weight excluding hydrogens is 969 g/mol. The molecule has 79 heavy (non-hydrogen) atoms. The van der Waals surface area contributed by atoms with Gasteiger partial charge in [0, 0.05) is 49.4 Å². The Labute approximate surface area is 453 Å². The van der Waals surface area contributed by atoms with Gasteiger partial charge in [-0.1, -0.05) is 164 Å². The van der Waals surface area contributed by atoms with Crippen molar-refractivity contribution in [2.75, 3.05) is 0 Å². The minimum atomic E-state index is -0.267. The molecule has 0 N–H and O–H groups in total. The molecule has 0 bridgehead atoms. The maximum Gasteiger partial charge on any atom is 0.125 e. The fraction of sp³-hybridized carbons (Fsp3) is 0. The first kappa shape index (κ1) is 44.9. The molecule has 0 aliphatic carbocycles. The van der Waals surface area contributed by atoms with Crippen LogP contribution in [0.25, 0.3) is 149 Å². The van der Waals surface area contributed by atoms with Crippen LogP contribution in [-0.4, -0.2) is 13.7 Å². The van der Waals surface area contributed by atoms with Crippen molar-refractivity contribution >= 4 is 87.0 Å². The zero-order valence-corrected chi connectivity index (χ0v) is 42.6. The highest BCUT2D eigenvalue weighted by atomic mass is 19.1. The maximum absolute atomic E-state index is 14.7. The molecule has 13 aromatic carbocycles. The van der Waals surface area contributed by atoms with Crippen molar-refractivity contribution in [1.29, 1.82) is 0 Å². The fourth-order valence-corrected chi connectivity index (χ4v) is 12.9. The predicted octanol–water partition coefficient (Wildman–Crippen LogP) is 20.2. The Bertz CT molecular complexity index is 4880. The van der Waals surface area contributed by atoms with Gasteiger partial charge in [0.15, 0.2) is 0 Å². The molecule has 0 spiro atoms. The third kappa shape index (κ3) is 7.03. The topological polar surface area (TPSA) is 14.8 Å². The number of halogens is 2. The molecule has 0 saturated heterocycles. The van der Waals surface area contributed by atoms with Gasteiger partial charge in [0.05, 0.1) is 33.1 Å². The maximum atomic E-state index is 14.7. The second kappa shape index (κ2) is 17.6. The lowest BCUT2D eigenvalue weighted by atomic mass is 9.86. The van der Waals surface area contributed by atoms with Gasteiger partial charge in [-0.3, -0.25) is 0 Å². The highest BCUT2D eigenvalue weighted by Gasteiger charge is 2.21. The van der Waals surface area contributed by atoms with E-state index in [1.54, 1.807) is 24.3 Å². The van der Waals surface area contributed by atoms with Crippen molar-refractivity contribution in [3.8, 4) is 61.6 Å². The Balaban J connectivity index is 0.881. The Morgan fingerprint density at radius 2 is 0.494 bits per heavy atom. The molecule has 0 saturated carbocycles. The Morgan fingerprint density at radius 3 is 0.886 bits per heavy atom. The summed E-state index contributed by atoms with van der Waals surface area (Å²) in [6, 6.07) is 94.9. The van der Waals surface area contributed by atoms with E-state index < -0.39 is 0 Å². The average molecular weight is 1010 g/mol. The molecule has 0 aliphatic heterocycles. The summed E-state index contributed by atoms with van der Waals surface area (Å²) in [6.07, 6.45) is 0. The zero-order valence-electron chi connectivity index (χ0n) is 42.6. The number of hydrogen-bond acceptors (Lipinski definition) is 0. The van der Waals surface area contributed by atoms with Crippen LogP contribution in [0.2, 0.25) is 0 Å². The number of hydrogen-bond donors (Lipinski definition) is 0. The number of fused-ring (bicyclic) bond motifs is 11. The SMILES string of the molecule is Fc1cccc(-n2c3ccccc3c3cc(-c4ccc5c(c4)c4cc(-c6ccc7c(c6)c6ccccc6n7-c6cccc(F)c6)ccc4n5-c4ccc(-c5c6ccccc6c(-c6ccccc6)c6ccccc56)cc4)ccc32)c1. The molecule has 0 amide bonds. The zero-order chi connectivity index (χ0) is 52.3. The van der Waals surface area contributed by atoms with Crippen LogP contribution >= 0.6 is 0 Å². The predicted molar refractivity (Wildman–Crippen MR) is 326 cm³/mol. The molecule has 0 atom stereocenters. The van der Waals surface area contributed by atoms with Crippen molar-refractivity contribution in [2.24, 2.45) is 0 Å². The number of nitrogens with zero attached hydrogens (tertiary/aromatic N) is 3. The summed E-state index contributed by atoms with van der Waals surface area (Å²) in [7, 11) is 0. The summed E-state index contributed by atoms with van der Waals surface area (Å²) < 4.78 is 36.2. The van der Waals surface area contributed by atoms with Crippen molar-refractivity contribution < 1.29 is 8.78 Å². The van der Waals surface area contributed by atoms with Crippen LogP contribution in [0.3, 0.4) is 0 Å². The first-order valence-electron chi connectivity index (χ1n) is 26.8. The van der Waals surface area contributed by atoms with Gasteiger partial charge in [0.2, 0.25) is 0 Å². The van der Waals surface area contributed by atoms with Gasteiger partial charge in [0.1, 0.15) is 11.6 Å². The summed E-state index contributed by atoms with van der Waals surface area (Å²) >= 11 is 0. The molecule has 3 aromatic heterocycles. The lowest BCUT2D eigenvalue weighted by Gasteiger charge is -2.18. The highest BCUT2D eigenvalue weighted by molar-refractivity contribution is 6.22. The molecule has 0 radical (unpaired) electrons. The number of aromatic nitrogens is 3. The Kier molecular flexibility index (Phi) is 10.0. The normalized spacial score (nSPS) is 11.9. The smallest absolute Gasteiger partial charge is 0.125 e. The number of para-hydroxylation sites is 2. The first-order valence-corrected chi connectivity index (χ1v) is 26.8. The molecule has 370 valence electrons. The van der Waals surface area contributed by atoms with Crippen LogP contribution in [0.15, 0.2) is 273 Å². The second-order valence-electron chi connectivity index (χ2n) is 20.7. The minimum absolute atomic E-state index is 0.267. The quantitative estimate of drug-likeness (QED) is 0.141. The van der Waals surface area contributed by atoms with E-state index in [4.69, 9.17) is 0 Å². The second-order valence-corrected chi connectivity index (χ2v) is 20.7. The molecule has 0 unspecified atom stereocenters. The van der Waals surface area contributed by atoms with Crippen molar-refractivity contribution in [1.82, 2.24) is 13.7 Å². The van der Waals surface area contributed by atoms with E-state index in [2.05, 4.69) is 226 Å². The summed E-state index contributed by atoms with van der Waals surface area (Å²) in [4.78, 5) is 0. The summed E-state index contributed by atoms with van der Waals surface area (Å²) in [6.45, 7) is 0. The molecule has 16 aromatic rings. The van der Waals surface area contributed by atoms with Gasteiger partial charge in [-0.05, 0) is 175 Å². The van der Waals surface area contributed by atoms with Crippen LogP contribution in [0.5, 0.6) is 0 Å². The molecule has 5 heteroatoms. The lowest BCUT2D eigenvalue weighted by Crippen LogP contribution is -1.95. The van der Waals surface area contributed by atoms with Crippen LogP contribution in [0.1, 0.15) is 0 Å². The van der Waals surface area contributed by atoms with E-state index >= 15 is 0 Å². The van der Waals surface area contributed by atoms with Crippen molar-refractivity contribution in [3.63, 3.8) is 0 Å². The Morgan fingerprint density at radius 1 is 0.190 bits per heavy atom. The van der Waals surface area contributed by atoms with E-state index in [0.29, 0.717) is 0 Å². The Hall–Kier alpha value is -10.4. The van der Waals surface area contributed by atoms with Crippen molar-refractivity contribution in [3.05, 3.63) is 285 Å². The fourth-order valence-electron chi connectivity index (χ4n) is 12.9. The standard InChI is InChI=1S/C74H45F2N3/c75-52-16-12-18-55(44-52)78-67-26-10-8-20-57(67)63-40-48(30-36-69(63)78)50-32-38-71-65(42-50)66-43-51(49-31-37-70-64(41-49)58-21-9-11-27-68(58)79(70)56-19-13-17-53(76)45-56)33-39-72(66)77(71)54-34-28-47(29-35-54)74-61-24-6-4-22-59(61)73(46-14-2-1-3-15-46)60-23-5-7-25-62(60)74/h1-45H. The average Bonchev–Trinajstić information content (AvgIpc) is 4.32. The third-order valence-electron chi connectivity index (χ3n) is 16.3. The third-order valence-corrected chi connectivity index (χ3v) is 16.3. The first-order chi connectivity index (χ1) is 39.0. The molecule has 3 heterocycles. The van der Waals surface area contributed by atoms with E-state index in [0.717, 1.165) is 110 Å². The van der Waals surface area contributed by atoms with Crippen molar-refractivity contribution in [2.45, 2.75) is 0 Å². The van der Waals surface area contributed by atoms with Gasteiger partial charge in [0.25, 0.3) is 0 Å². The largest absolute Gasteiger partial charge is 0.309 e. The summed E-state index contributed by atoms with van der Waals surface area (Å²) in [5.74, 6) is -0.534. The molecule has 0 fully saturated rings. The summed E-state index contributed by atoms with van der Waals surface area (Å²) in [5.41, 5.74) is 18.2. The monoisotopic (exact) mass is 1010 g/mol. The molecule has 0 aliphatic rings. The van der Waals surface area contributed by atoms with E-state index in [9.17, 15) is 8.78 Å². The minimum Gasteiger partial charge on any atom is -0.309 e. The van der Waals surface area contributed by atoms with Gasteiger partial charge in [-0.15, -0.1) is 0 Å². The lowest BCUT2D eigenvalue weighted by molar-refractivity contribution is 0.626. The summed E-state index contributed by atoms with van der Waals surface area (Å²) in [5, 5.41) is 11.6. The number of benzene rings is 13. The van der Waals surface area contributed by atoms with Crippen LogP contribution in [-0.2, 0) is 0 Å². The van der Waals surface area contributed by atoms with Crippen LogP contribution < -0.4 is 0 Å². The van der Waals surface area contributed by atoms with Crippen LogP contribution in [0, 0.1) is 11.6 Å². The van der Waals surface area contributed by atoms with Gasteiger partial charge < -0.3 is 13.7 Å². The molecule has 16 rings (SSSR count). The van der Waals surface area contributed by atoms with E-state index in [1.165, 1.54) is 50.4 Å². The van der Waals surface area contributed by atoms with E-state index in [-0.39, 0.29) is 11.6 Å². The van der Waals surface area contributed by atoms with E-state index in [1.807, 2.05) is 24.3 Å². The van der Waals surface area contributed by atoms with Gasteiger partial charge in [-0.2, -0.15) is 0 Å². The number of rotatable bonds is 7. The van der Waals surface area contributed by atoms with Gasteiger partial charge >= 0.3 is 0 Å². The molecule has 3 nitrogen and oxygen atoms in total.